The fourth-order valence-electron chi connectivity index (χ4n) is 2.39. The summed E-state index contributed by atoms with van der Waals surface area (Å²) < 4.78 is 16.9. The molecule has 24 heavy (non-hydrogen) atoms. The molecule has 3 aromatic rings. The maximum absolute atomic E-state index is 5.87. The number of hydrogen-bond acceptors (Lipinski definition) is 5. The molecule has 1 aliphatic heterocycles. The molecular formula is C18H14ClNO3S. The first-order valence-electron chi connectivity index (χ1n) is 7.51. The summed E-state index contributed by atoms with van der Waals surface area (Å²) >= 11 is 7.44. The Labute approximate surface area is 148 Å². The molecule has 0 atom stereocenters. The highest BCUT2D eigenvalue weighted by atomic mass is 35.5. The van der Waals surface area contributed by atoms with Crippen molar-refractivity contribution in [3.05, 3.63) is 57.9 Å². The summed E-state index contributed by atoms with van der Waals surface area (Å²) in [5.41, 5.74) is 1.92. The summed E-state index contributed by atoms with van der Waals surface area (Å²) in [4.78, 5) is 4.63. The first kappa shape index (κ1) is 15.3. The van der Waals surface area contributed by atoms with Gasteiger partial charge in [-0.15, -0.1) is 11.3 Å². The van der Waals surface area contributed by atoms with E-state index in [1.165, 1.54) is 0 Å². The molecule has 4 rings (SSSR count). The quantitative estimate of drug-likeness (QED) is 0.670. The highest BCUT2D eigenvalue weighted by Gasteiger charge is 2.14. The summed E-state index contributed by atoms with van der Waals surface area (Å²) in [7, 11) is 0. The third-order valence-electron chi connectivity index (χ3n) is 3.57. The smallest absolute Gasteiger partial charge is 0.162 e. The Bertz CT molecular complexity index is 848. The fraction of sp³-hybridized carbons (Fsp3) is 0.167. The molecular weight excluding hydrogens is 346 g/mol. The molecule has 1 aromatic heterocycles. The van der Waals surface area contributed by atoms with Crippen LogP contribution in [0.25, 0.3) is 11.3 Å². The van der Waals surface area contributed by atoms with E-state index in [1.807, 2.05) is 35.7 Å². The van der Waals surface area contributed by atoms with Crippen LogP contribution in [-0.4, -0.2) is 18.2 Å². The van der Waals surface area contributed by atoms with Gasteiger partial charge in [-0.2, -0.15) is 0 Å². The first-order chi connectivity index (χ1) is 11.8. The van der Waals surface area contributed by atoms with Crippen molar-refractivity contribution in [2.45, 2.75) is 6.61 Å². The molecule has 0 saturated heterocycles. The van der Waals surface area contributed by atoms with Crippen LogP contribution < -0.4 is 14.2 Å². The van der Waals surface area contributed by atoms with Crippen molar-refractivity contribution in [1.29, 1.82) is 0 Å². The summed E-state index contributed by atoms with van der Waals surface area (Å²) in [5, 5.41) is 3.62. The molecule has 0 bridgehead atoms. The number of halogens is 1. The van der Waals surface area contributed by atoms with Crippen molar-refractivity contribution in [2.24, 2.45) is 0 Å². The lowest BCUT2D eigenvalue weighted by molar-refractivity contribution is 0.171. The van der Waals surface area contributed by atoms with Gasteiger partial charge in [0.25, 0.3) is 0 Å². The molecule has 122 valence electrons. The predicted octanol–water partition coefficient (Wildman–Crippen LogP) is 4.81. The second-order valence-electron chi connectivity index (χ2n) is 5.23. The van der Waals surface area contributed by atoms with Gasteiger partial charge in [0, 0.05) is 16.0 Å². The Balaban J connectivity index is 1.47. The minimum absolute atomic E-state index is 0.427. The maximum atomic E-state index is 5.87. The van der Waals surface area contributed by atoms with E-state index in [4.69, 9.17) is 25.8 Å². The van der Waals surface area contributed by atoms with Crippen LogP contribution in [0.4, 0.5) is 0 Å². The number of aromatic nitrogens is 1. The lowest BCUT2D eigenvalue weighted by atomic mass is 10.1. The summed E-state index contributed by atoms with van der Waals surface area (Å²) in [6, 6.07) is 13.2. The summed E-state index contributed by atoms with van der Waals surface area (Å²) in [6.07, 6.45) is 0. The van der Waals surface area contributed by atoms with Gasteiger partial charge in [0.15, 0.2) is 11.5 Å². The molecule has 0 spiro atoms. The zero-order valence-corrected chi connectivity index (χ0v) is 14.3. The fourth-order valence-corrected chi connectivity index (χ4v) is 3.23. The number of thiazole rings is 1. The molecule has 0 amide bonds. The average molecular weight is 360 g/mol. The predicted molar refractivity (Wildman–Crippen MR) is 94.3 cm³/mol. The Hall–Kier alpha value is -2.24. The zero-order chi connectivity index (χ0) is 16.4. The number of rotatable bonds is 4. The van der Waals surface area contributed by atoms with E-state index in [0.29, 0.717) is 24.8 Å². The third-order valence-corrected chi connectivity index (χ3v) is 4.64. The maximum Gasteiger partial charge on any atom is 0.162 e. The SMILES string of the molecule is Clc1ccc(OCc2nc(-c3ccc4c(c3)OCCO4)cs2)cc1. The number of nitrogens with zero attached hydrogens (tertiary/aromatic N) is 1. The summed E-state index contributed by atoms with van der Waals surface area (Å²) in [5.74, 6) is 2.33. The minimum atomic E-state index is 0.427. The molecule has 0 fully saturated rings. The number of fused-ring (bicyclic) bond motifs is 1. The van der Waals surface area contributed by atoms with Crippen molar-refractivity contribution < 1.29 is 14.2 Å². The highest BCUT2D eigenvalue weighted by Crippen LogP contribution is 2.34. The number of hydrogen-bond donors (Lipinski definition) is 0. The van der Waals surface area contributed by atoms with Gasteiger partial charge >= 0.3 is 0 Å². The van der Waals surface area contributed by atoms with Crippen molar-refractivity contribution in [3.8, 4) is 28.5 Å². The Morgan fingerprint density at radius 2 is 1.83 bits per heavy atom. The van der Waals surface area contributed by atoms with Gasteiger partial charge < -0.3 is 14.2 Å². The standard InChI is InChI=1S/C18H14ClNO3S/c19-13-2-4-14(5-3-13)23-10-18-20-15(11-24-18)12-1-6-16-17(9-12)22-8-7-21-16/h1-6,9,11H,7-8,10H2. The van der Waals surface area contributed by atoms with Gasteiger partial charge in [-0.05, 0) is 42.5 Å². The molecule has 4 nitrogen and oxygen atoms in total. The van der Waals surface area contributed by atoms with Crippen LogP contribution >= 0.6 is 22.9 Å². The summed E-state index contributed by atoms with van der Waals surface area (Å²) in [6.45, 7) is 1.60. The van der Waals surface area contributed by atoms with Crippen LogP contribution in [0, 0.1) is 0 Å². The van der Waals surface area contributed by atoms with Crippen LogP contribution in [0.5, 0.6) is 17.2 Å². The zero-order valence-electron chi connectivity index (χ0n) is 12.7. The molecule has 6 heteroatoms. The Morgan fingerprint density at radius 3 is 2.67 bits per heavy atom. The lowest BCUT2D eigenvalue weighted by Crippen LogP contribution is -2.15. The van der Waals surface area contributed by atoms with Crippen LogP contribution in [0.3, 0.4) is 0 Å². The Morgan fingerprint density at radius 1 is 1.04 bits per heavy atom. The van der Waals surface area contributed by atoms with E-state index in [-0.39, 0.29) is 0 Å². The normalized spacial score (nSPS) is 12.9. The second-order valence-corrected chi connectivity index (χ2v) is 6.61. The van der Waals surface area contributed by atoms with Gasteiger partial charge in [-0.25, -0.2) is 4.98 Å². The van der Waals surface area contributed by atoms with Crippen molar-refractivity contribution in [2.75, 3.05) is 13.2 Å². The van der Waals surface area contributed by atoms with Crippen molar-refractivity contribution in [1.82, 2.24) is 4.98 Å². The van der Waals surface area contributed by atoms with Gasteiger partial charge in [0.05, 0.1) is 5.69 Å². The van der Waals surface area contributed by atoms with E-state index in [9.17, 15) is 0 Å². The molecule has 0 N–H and O–H groups in total. The van der Waals surface area contributed by atoms with E-state index < -0.39 is 0 Å². The molecule has 2 aromatic carbocycles. The van der Waals surface area contributed by atoms with Gasteiger partial charge in [0.2, 0.25) is 0 Å². The molecule has 0 saturated carbocycles. The minimum Gasteiger partial charge on any atom is -0.486 e. The van der Waals surface area contributed by atoms with Crippen LogP contribution in [-0.2, 0) is 6.61 Å². The van der Waals surface area contributed by atoms with Crippen LogP contribution in [0.15, 0.2) is 47.8 Å². The Kier molecular flexibility index (Phi) is 4.28. The van der Waals surface area contributed by atoms with E-state index >= 15 is 0 Å². The topological polar surface area (TPSA) is 40.6 Å². The molecule has 2 heterocycles. The lowest BCUT2D eigenvalue weighted by Gasteiger charge is -2.18. The monoisotopic (exact) mass is 359 g/mol. The molecule has 0 aliphatic carbocycles. The highest BCUT2D eigenvalue weighted by molar-refractivity contribution is 7.09. The van der Waals surface area contributed by atoms with E-state index in [2.05, 4.69) is 4.98 Å². The van der Waals surface area contributed by atoms with Gasteiger partial charge in [-0.1, -0.05) is 11.6 Å². The largest absolute Gasteiger partial charge is 0.486 e. The first-order valence-corrected chi connectivity index (χ1v) is 8.76. The van der Waals surface area contributed by atoms with Crippen molar-refractivity contribution >= 4 is 22.9 Å². The number of ether oxygens (including phenoxy) is 3. The van der Waals surface area contributed by atoms with Crippen LogP contribution in [0.2, 0.25) is 5.02 Å². The second kappa shape index (κ2) is 6.71. The average Bonchev–Trinajstić information content (AvgIpc) is 3.10. The molecule has 1 aliphatic rings. The van der Waals surface area contributed by atoms with Gasteiger partial charge in [-0.3, -0.25) is 0 Å². The van der Waals surface area contributed by atoms with E-state index in [1.54, 1.807) is 23.5 Å². The van der Waals surface area contributed by atoms with E-state index in [0.717, 1.165) is 33.5 Å². The molecule has 0 radical (unpaired) electrons. The van der Waals surface area contributed by atoms with Gasteiger partial charge in [0.1, 0.15) is 30.6 Å². The van der Waals surface area contributed by atoms with Crippen LogP contribution in [0.1, 0.15) is 5.01 Å². The third kappa shape index (κ3) is 3.32. The molecule has 0 unspecified atom stereocenters. The van der Waals surface area contributed by atoms with Crippen molar-refractivity contribution in [3.63, 3.8) is 0 Å². The number of benzene rings is 2.